The molecule has 4 nitrogen and oxygen atoms in total. The van der Waals surface area contributed by atoms with Crippen molar-refractivity contribution in [2.75, 3.05) is 0 Å². The van der Waals surface area contributed by atoms with Crippen LogP contribution in [0.1, 0.15) is 175 Å². The molecule has 0 aromatic carbocycles. The van der Waals surface area contributed by atoms with Gasteiger partial charge < -0.3 is 0 Å². The number of hydrogen-bond acceptors (Lipinski definition) is 3. The molecule has 34 heavy (non-hydrogen) atoms. The van der Waals surface area contributed by atoms with Crippen molar-refractivity contribution in [1.82, 2.24) is 4.90 Å². The standard InChI is InChI=1S/C30H57NO3/c1-4-7-10-13-16-19-22-25-28(32)31(29(33)26-23-20-17-14-11-8-5-2)30(34)27-24-21-18-15-12-9-6-3/h4-27H2,1-3H3. The third-order valence-electron chi connectivity index (χ3n) is 6.73. The monoisotopic (exact) mass is 479 g/mol. The zero-order chi connectivity index (χ0) is 25.3. The van der Waals surface area contributed by atoms with E-state index in [9.17, 15) is 14.4 Å². The Morgan fingerprint density at radius 2 is 0.559 bits per heavy atom. The molecule has 0 heterocycles. The zero-order valence-electron chi connectivity index (χ0n) is 23.1. The summed E-state index contributed by atoms with van der Waals surface area (Å²) < 4.78 is 0. The summed E-state index contributed by atoms with van der Waals surface area (Å²) in [6, 6.07) is 0. The van der Waals surface area contributed by atoms with Gasteiger partial charge in [-0.15, -0.1) is 0 Å². The molecule has 0 unspecified atom stereocenters. The predicted octanol–water partition coefficient (Wildman–Crippen LogP) is 9.29. The fraction of sp³-hybridized carbons (Fsp3) is 0.900. The quantitative estimate of drug-likeness (QED) is 0.130. The molecular weight excluding hydrogens is 422 g/mol. The maximum Gasteiger partial charge on any atom is 0.236 e. The minimum Gasteiger partial charge on any atom is -0.274 e. The van der Waals surface area contributed by atoms with Crippen LogP contribution in [0.2, 0.25) is 0 Å². The molecule has 4 heteroatoms. The first-order valence-electron chi connectivity index (χ1n) is 15.0. The van der Waals surface area contributed by atoms with Crippen molar-refractivity contribution in [2.24, 2.45) is 0 Å². The van der Waals surface area contributed by atoms with Gasteiger partial charge in [0.1, 0.15) is 0 Å². The molecule has 0 bridgehead atoms. The highest BCUT2D eigenvalue weighted by atomic mass is 16.2. The van der Waals surface area contributed by atoms with Gasteiger partial charge in [0.15, 0.2) is 0 Å². The second-order valence-electron chi connectivity index (χ2n) is 10.1. The van der Waals surface area contributed by atoms with E-state index in [1.54, 1.807) is 0 Å². The van der Waals surface area contributed by atoms with Gasteiger partial charge in [0.25, 0.3) is 0 Å². The second kappa shape index (κ2) is 24.9. The summed E-state index contributed by atoms with van der Waals surface area (Å²) in [5.74, 6) is -0.807. The fourth-order valence-electron chi connectivity index (χ4n) is 4.45. The van der Waals surface area contributed by atoms with Crippen molar-refractivity contribution in [3.63, 3.8) is 0 Å². The molecule has 0 saturated carbocycles. The minimum absolute atomic E-state index is 0.269. The summed E-state index contributed by atoms with van der Waals surface area (Å²) in [6.45, 7) is 6.63. The maximum atomic E-state index is 12.9. The van der Waals surface area contributed by atoms with Gasteiger partial charge in [0.2, 0.25) is 17.7 Å². The molecule has 0 saturated heterocycles. The van der Waals surface area contributed by atoms with Crippen LogP contribution in [-0.4, -0.2) is 22.6 Å². The first-order chi connectivity index (χ1) is 16.6. The molecule has 0 aliphatic heterocycles. The summed E-state index contributed by atoms with van der Waals surface area (Å²) in [5, 5.41) is 0. The highest BCUT2D eigenvalue weighted by molar-refractivity contribution is 6.10. The number of unbranched alkanes of at least 4 members (excludes halogenated alkanes) is 18. The topological polar surface area (TPSA) is 54.5 Å². The molecular formula is C30H57NO3. The summed E-state index contributed by atoms with van der Waals surface area (Å²) in [7, 11) is 0. The molecule has 0 rings (SSSR count). The molecule has 200 valence electrons. The Bertz CT molecular complexity index is 432. The van der Waals surface area contributed by atoms with Gasteiger partial charge in [-0.3, -0.25) is 14.4 Å². The average Bonchev–Trinajstić information content (AvgIpc) is 2.82. The summed E-state index contributed by atoms with van der Waals surface area (Å²) in [4.78, 5) is 39.6. The van der Waals surface area contributed by atoms with Crippen molar-refractivity contribution in [3.8, 4) is 0 Å². The third-order valence-corrected chi connectivity index (χ3v) is 6.73. The van der Waals surface area contributed by atoms with Crippen LogP contribution in [0.5, 0.6) is 0 Å². The van der Waals surface area contributed by atoms with Crippen molar-refractivity contribution >= 4 is 17.7 Å². The molecule has 0 aromatic rings. The van der Waals surface area contributed by atoms with E-state index in [-0.39, 0.29) is 17.7 Å². The average molecular weight is 480 g/mol. The number of imide groups is 3. The largest absolute Gasteiger partial charge is 0.274 e. The Morgan fingerprint density at radius 3 is 0.794 bits per heavy atom. The van der Waals surface area contributed by atoms with Crippen molar-refractivity contribution < 1.29 is 14.4 Å². The normalized spacial score (nSPS) is 11.0. The van der Waals surface area contributed by atoms with Crippen LogP contribution in [0.3, 0.4) is 0 Å². The van der Waals surface area contributed by atoms with Crippen LogP contribution < -0.4 is 0 Å². The smallest absolute Gasteiger partial charge is 0.236 e. The lowest BCUT2D eigenvalue weighted by Gasteiger charge is -2.19. The number of rotatable bonds is 24. The molecule has 0 aliphatic rings. The lowest BCUT2D eigenvalue weighted by molar-refractivity contribution is -0.154. The molecule has 0 aliphatic carbocycles. The van der Waals surface area contributed by atoms with Gasteiger partial charge in [-0.05, 0) is 19.3 Å². The van der Waals surface area contributed by atoms with Gasteiger partial charge in [0, 0.05) is 19.3 Å². The number of carbonyl (C=O) groups excluding carboxylic acids is 3. The van der Waals surface area contributed by atoms with E-state index in [1.807, 2.05) is 0 Å². The molecule has 0 fully saturated rings. The van der Waals surface area contributed by atoms with Gasteiger partial charge >= 0.3 is 0 Å². The summed E-state index contributed by atoms with van der Waals surface area (Å²) in [5.41, 5.74) is 0. The van der Waals surface area contributed by atoms with Crippen molar-refractivity contribution in [2.45, 2.75) is 175 Å². The SMILES string of the molecule is CCCCCCCCCC(=O)N(C(=O)CCCCCCCCC)C(=O)CCCCCCCCC. The third kappa shape index (κ3) is 19.2. The zero-order valence-corrected chi connectivity index (χ0v) is 23.1. The van der Waals surface area contributed by atoms with Gasteiger partial charge in [-0.1, -0.05) is 136 Å². The van der Waals surface area contributed by atoms with Crippen molar-refractivity contribution in [3.05, 3.63) is 0 Å². The van der Waals surface area contributed by atoms with Gasteiger partial charge in [-0.2, -0.15) is 0 Å². The van der Waals surface area contributed by atoms with Gasteiger partial charge in [-0.25, -0.2) is 4.90 Å². The van der Waals surface area contributed by atoms with Crippen LogP contribution in [0, 0.1) is 0 Å². The maximum absolute atomic E-state index is 12.9. The molecule has 0 atom stereocenters. The van der Waals surface area contributed by atoms with E-state index in [1.165, 1.54) is 77.0 Å². The van der Waals surface area contributed by atoms with Gasteiger partial charge in [0.05, 0.1) is 0 Å². The highest BCUT2D eigenvalue weighted by Crippen LogP contribution is 2.15. The number of amides is 3. The van der Waals surface area contributed by atoms with Crippen LogP contribution >= 0.6 is 0 Å². The van der Waals surface area contributed by atoms with Crippen LogP contribution in [0.25, 0.3) is 0 Å². The Kier molecular flexibility index (Phi) is 24.0. The van der Waals surface area contributed by atoms with E-state index in [0.29, 0.717) is 19.3 Å². The number of hydrogen-bond donors (Lipinski definition) is 0. The van der Waals surface area contributed by atoms with Crippen LogP contribution in [-0.2, 0) is 14.4 Å². The minimum atomic E-state index is -0.269. The Balaban J connectivity index is 4.49. The lowest BCUT2D eigenvalue weighted by atomic mass is 10.1. The fourth-order valence-corrected chi connectivity index (χ4v) is 4.45. The Labute approximate surface area is 212 Å². The summed E-state index contributed by atoms with van der Waals surface area (Å²) >= 11 is 0. The van der Waals surface area contributed by atoms with E-state index in [4.69, 9.17) is 0 Å². The first-order valence-corrected chi connectivity index (χ1v) is 15.0. The van der Waals surface area contributed by atoms with E-state index in [2.05, 4.69) is 20.8 Å². The number of nitrogens with zero attached hydrogens (tertiary/aromatic N) is 1. The molecule has 0 N–H and O–H groups in total. The summed E-state index contributed by atoms with van der Waals surface area (Å²) in [6.07, 6.45) is 24.6. The Hall–Kier alpha value is -1.19. The van der Waals surface area contributed by atoms with Crippen LogP contribution in [0.15, 0.2) is 0 Å². The Morgan fingerprint density at radius 1 is 0.353 bits per heavy atom. The molecule has 0 spiro atoms. The molecule has 0 radical (unpaired) electrons. The highest BCUT2D eigenvalue weighted by Gasteiger charge is 2.27. The predicted molar refractivity (Wildman–Crippen MR) is 145 cm³/mol. The number of carbonyl (C=O) groups is 3. The van der Waals surface area contributed by atoms with E-state index >= 15 is 0 Å². The van der Waals surface area contributed by atoms with Crippen LogP contribution in [0.4, 0.5) is 0 Å². The lowest BCUT2D eigenvalue weighted by Crippen LogP contribution is -2.41. The van der Waals surface area contributed by atoms with E-state index in [0.717, 1.165) is 62.7 Å². The van der Waals surface area contributed by atoms with E-state index < -0.39 is 0 Å². The molecule has 0 aromatic heterocycles. The first kappa shape index (κ1) is 32.8. The molecule has 3 amide bonds. The second-order valence-corrected chi connectivity index (χ2v) is 10.1. The van der Waals surface area contributed by atoms with Crippen molar-refractivity contribution in [1.29, 1.82) is 0 Å².